The topological polar surface area (TPSA) is 91.3 Å². The molecule has 3 aromatic carbocycles. The van der Waals surface area contributed by atoms with Gasteiger partial charge in [-0.3, -0.25) is 4.79 Å². The maximum absolute atomic E-state index is 13.2. The van der Waals surface area contributed by atoms with Crippen molar-refractivity contribution in [1.29, 1.82) is 5.41 Å². The molecule has 0 heterocycles. The minimum absolute atomic E-state index is 0.148. The van der Waals surface area contributed by atoms with Gasteiger partial charge in [0.1, 0.15) is 5.82 Å². The minimum atomic E-state index is -0.936. The van der Waals surface area contributed by atoms with Gasteiger partial charge in [-0.2, -0.15) is 0 Å². The summed E-state index contributed by atoms with van der Waals surface area (Å²) >= 11 is 0. The van der Waals surface area contributed by atoms with Crippen molar-refractivity contribution in [2.45, 2.75) is 19.8 Å². The first-order valence-corrected chi connectivity index (χ1v) is 10.8. The molecule has 0 aromatic heterocycles. The van der Waals surface area contributed by atoms with Gasteiger partial charge in [0, 0.05) is 35.6 Å². The number of rotatable bonds is 8. The molecule has 1 atom stereocenters. The van der Waals surface area contributed by atoms with Gasteiger partial charge < -0.3 is 20.8 Å². The standard InChI is InChI=1S/C27H28FN3O3/c1-27(2,17-30-25(32)26(33)34-3)24(18-7-5-4-6-8-18)19-9-14-23(20(15-19)16-29)31-22-12-10-21(28)11-13-22/h4-16,24,29,31H,17H2,1-3H3,(H,30,32)/t24-/m1/s1. The Bertz CT molecular complexity index is 1160. The van der Waals surface area contributed by atoms with E-state index in [-0.39, 0.29) is 18.3 Å². The van der Waals surface area contributed by atoms with E-state index in [1.807, 2.05) is 62.4 Å². The van der Waals surface area contributed by atoms with Crippen LogP contribution >= 0.6 is 0 Å². The van der Waals surface area contributed by atoms with Crippen LogP contribution in [0.15, 0.2) is 72.8 Å². The highest BCUT2D eigenvalue weighted by atomic mass is 19.1. The van der Waals surface area contributed by atoms with Crippen LogP contribution in [0.4, 0.5) is 15.8 Å². The third kappa shape index (κ3) is 5.86. The Hall–Kier alpha value is -4.00. The van der Waals surface area contributed by atoms with Gasteiger partial charge in [-0.1, -0.05) is 50.2 Å². The van der Waals surface area contributed by atoms with Crippen molar-refractivity contribution in [2.75, 3.05) is 19.0 Å². The number of amides is 1. The molecule has 6 nitrogen and oxygen atoms in total. The number of halogens is 1. The molecule has 0 radical (unpaired) electrons. The van der Waals surface area contributed by atoms with Crippen molar-refractivity contribution in [3.05, 3.63) is 95.3 Å². The molecule has 34 heavy (non-hydrogen) atoms. The minimum Gasteiger partial charge on any atom is -0.462 e. The number of hydrogen-bond donors (Lipinski definition) is 3. The lowest BCUT2D eigenvalue weighted by Crippen LogP contribution is -2.41. The monoisotopic (exact) mass is 461 g/mol. The fraction of sp³-hybridized carbons (Fsp3) is 0.222. The smallest absolute Gasteiger partial charge is 0.396 e. The van der Waals surface area contributed by atoms with Crippen LogP contribution in [0.25, 0.3) is 0 Å². The Balaban J connectivity index is 1.96. The third-order valence-corrected chi connectivity index (χ3v) is 5.68. The first-order valence-electron chi connectivity index (χ1n) is 10.8. The molecule has 3 aromatic rings. The fourth-order valence-corrected chi connectivity index (χ4v) is 4.00. The van der Waals surface area contributed by atoms with Gasteiger partial charge in [0.25, 0.3) is 0 Å². The van der Waals surface area contributed by atoms with E-state index in [0.29, 0.717) is 16.9 Å². The van der Waals surface area contributed by atoms with Gasteiger partial charge in [0.2, 0.25) is 0 Å². The summed E-state index contributed by atoms with van der Waals surface area (Å²) in [6, 6.07) is 21.7. The maximum Gasteiger partial charge on any atom is 0.396 e. The number of benzene rings is 3. The van der Waals surface area contributed by atoms with Crippen LogP contribution in [0.1, 0.15) is 36.5 Å². The lowest BCUT2D eigenvalue weighted by molar-refractivity contribution is -0.152. The summed E-state index contributed by atoms with van der Waals surface area (Å²) < 4.78 is 17.7. The summed E-state index contributed by atoms with van der Waals surface area (Å²) in [4.78, 5) is 23.6. The number of carbonyl (C=O) groups excluding carboxylic acids is 2. The molecule has 0 fully saturated rings. The third-order valence-electron chi connectivity index (χ3n) is 5.68. The first kappa shape index (κ1) is 24.6. The number of hydrogen-bond acceptors (Lipinski definition) is 5. The van der Waals surface area contributed by atoms with Crippen LogP contribution in [0.3, 0.4) is 0 Å². The number of anilines is 2. The number of carbonyl (C=O) groups is 2. The zero-order valence-electron chi connectivity index (χ0n) is 19.4. The fourth-order valence-electron chi connectivity index (χ4n) is 4.00. The Morgan fingerprint density at radius 1 is 1.03 bits per heavy atom. The number of ether oxygens (including phenoxy) is 1. The van der Waals surface area contributed by atoms with E-state index in [1.54, 1.807) is 12.1 Å². The van der Waals surface area contributed by atoms with Crippen LogP contribution in [-0.2, 0) is 14.3 Å². The van der Waals surface area contributed by atoms with Crippen LogP contribution < -0.4 is 10.6 Å². The average Bonchev–Trinajstić information content (AvgIpc) is 2.84. The molecular formula is C27H28FN3O3. The predicted molar refractivity (Wildman–Crippen MR) is 131 cm³/mol. The van der Waals surface area contributed by atoms with E-state index in [1.165, 1.54) is 25.5 Å². The molecule has 176 valence electrons. The normalized spacial score (nSPS) is 11.9. The van der Waals surface area contributed by atoms with E-state index in [0.717, 1.165) is 11.1 Å². The van der Waals surface area contributed by atoms with Crippen molar-refractivity contribution in [1.82, 2.24) is 5.32 Å². The van der Waals surface area contributed by atoms with Gasteiger partial charge in [-0.05, 0) is 52.9 Å². The average molecular weight is 462 g/mol. The van der Waals surface area contributed by atoms with Crippen molar-refractivity contribution < 1.29 is 18.7 Å². The highest BCUT2D eigenvalue weighted by molar-refractivity contribution is 6.32. The van der Waals surface area contributed by atoms with Gasteiger partial charge >= 0.3 is 11.9 Å². The summed E-state index contributed by atoms with van der Waals surface area (Å²) in [5, 5.41) is 13.9. The molecule has 0 bridgehead atoms. The lowest BCUT2D eigenvalue weighted by Gasteiger charge is -2.35. The van der Waals surface area contributed by atoms with Crippen molar-refractivity contribution in [3.8, 4) is 0 Å². The molecule has 7 heteroatoms. The molecule has 0 unspecified atom stereocenters. The van der Waals surface area contributed by atoms with Crippen molar-refractivity contribution in [3.63, 3.8) is 0 Å². The molecule has 0 spiro atoms. The molecule has 0 aliphatic rings. The van der Waals surface area contributed by atoms with Gasteiger partial charge in [0.05, 0.1) is 7.11 Å². The lowest BCUT2D eigenvalue weighted by atomic mass is 9.71. The Kier molecular flexibility index (Phi) is 7.79. The molecule has 0 aliphatic heterocycles. The van der Waals surface area contributed by atoms with Crippen LogP contribution in [0.2, 0.25) is 0 Å². The first-order chi connectivity index (χ1) is 16.2. The Morgan fingerprint density at radius 3 is 2.32 bits per heavy atom. The summed E-state index contributed by atoms with van der Waals surface area (Å²) in [5.74, 6) is -2.19. The zero-order chi connectivity index (χ0) is 24.7. The summed E-state index contributed by atoms with van der Waals surface area (Å²) in [5.41, 5.74) is 3.59. The van der Waals surface area contributed by atoms with Crippen LogP contribution in [0.5, 0.6) is 0 Å². The highest BCUT2D eigenvalue weighted by Crippen LogP contribution is 2.41. The predicted octanol–water partition coefficient (Wildman–Crippen LogP) is 5.01. The van der Waals surface area contributed by atoms with E-state index in [9.17, 15) is 14.0 Å². The number of esters is 1. The number of methoxy groups -OCH3 is 1. The largest absolute Gasteiger partial charge is 0.462 e. The van der Waals surface area contributed by atoms with E-state index >= 15 is 0 Å². The maximum atomic E-state index is 13.2. The SMILES string of the molecule is COC(=O)C(=O)NCC(C)(C)[C@H](c1ccccc1)c1ccc(Nc2ccc(F)cc2)c(C=N)c1. The summed E-state index contributed by atoms with van der Waals surface area (Å²) in [6.07, 6.45) is 1.27. The zero-order valence-corrected chi connectivity index (χ0v) is 19.4. The second-order valence-corrected chi connectivity index (χ2v) is 8.63. The quantitative estimate of drug-likeness (QED) is 0.250. The molecule has 3 N–H and O–H groups in total. The number of nitrogens with one attached hydrogen (secondary N) is 3. The molecule has 3 rings (SSSR count). The summed E-state index contributed by atoms with van der Waals surface area (Å²) in [6.45, 7) is 4.25. The molecule has 0 saturated heterocycles. The molecule has 0 aliphatic carbocycles. The molecule has 0 saturated carbocycles. The second kappa shape index (κ2) is 10.7. The Morgan fingerprint density at radius 2 is 1.71 bits per heavy atom. The van der Waals surface area contributed by atoms with Crippen LogP contribution in [0, 0.1) is 16.6 Å². The Labute approximate surface area is 198 Å². The second-order valence-electron chi connectivity index (χ2n) is 8.63. The van der Waals surface area contributed by atoms with Gasteiger partial charge in [-0.25, -0.2) is 9.18 Å². The van der Waals surface area contributed by atoms with Gasteiger partial charge in [0.15, 0.2) is 0 Å². The van der Waals surface area contributed by atoms with Crippen molar-refractivity contribution >= 4 is 29.5 Å². The molecular weight excluding hydrogens is 433 g/mol. The van der Waals surface area contributed by atoms with Gasteiger partial charge in [-0.15, -0.1) is 0 Å². The van der Waals surface area contributed by atoms with Crippen LogP contribution in [-0.4, -0.2) is 31.7 Å². The van der Waals surface area contributed by atoms with E-state index in [2.05, 4.69) is 15.4 Å². The van der Waals surface area contributed by atoms with Crippen molar-refractivity contribution in [2.24, 2.45) is 5.41 Å². The van der Waals surface area contributed by atoms with E-state index < -0.39 is 17.3 Å². The summed E-state index contributed by atoms with van der Waals surface area (Å²) in [7, 11) is 1.17. The molecule has 1 amide bonds. The van der Waals surface area contributed by atoms with E-state index in [4.69, 9.17) is 5.41 Å². The highest BCUT2D eigenvalue weighted by Gasteiger charge is 2.33.